The van der Waals surface area contributed by atoms with Crippen molar-refractivity contribution in [3.05, 3.63) is 53.6 Å². The van der Waals surface area contributed by atoms with Crippen molar-refractivity contribution in [3.8, 4) is 17.2 Å². The van der Waals surface area contributed by atoms with Gasteiger partial charge >= 0.3 is 0 Å². The molecular formula is C21H28IN3O4. The molecule has 3 rings (SSSR count). The predicted molar refractivity (Wildman–Crippen MR) is 124 cm³/mol. The highest BCUT2D eigenvalue weighted by molar-refractivity contribution is 14.0. The summed E-state index contributed by atoms with van der Waals surface area (Å²) >= 11 is 0. The zero-order chi connectivity index (χ0) is 19.8. The van der Waals surface area contributed by atoms with Gasteiger partial charge in [0.1, 0.15) is 5.75 Å². The second kappa shape index (κ2) is 11.7. The lowest BCUT2D eigenvalue weighted by Crippen LogP contribution is -2.38. The Labute approximate surface area is 188 Å². The van der Waals surface area contributed by atoms with Crippen LogP contribution in [0.2, 0.25) is 0 Å². The van der Waals surface area contributed by atoms with E-state index in [-0.39, 0.29) is 37.3 Å². The molecule has 2 aromatic rings. The fraction of sp³-hybridized carbons (Fsp3) is 0.381. The van der Waals surface area contributed by atoms with E-state index in [2.05, 4.69) is 15.6 Å². The number of benzene rings is 2. The van der Waals surface area contributed by atoms with E-state index in [0.717, 1.165) is 41.3 Å². The van der Waals surface area contributed by atoms with Crippen molar-refractivity contribution < 1.29 is 19.3 Å². The maximum atomic E-state index is 10.4. The highest BCUT2D eigenvalue weighted by Gasteiger charge is 2.13. The summed E-state index contributed by atoms with van der Waals surface area (Å²) in [5.41, 5.74) is 1.96. The number of nitrogens with zero attached hydrogens (tertiary/aromatic N) is 1. The summed E-state index contributed by atoms with van der Waals surface area (Å²) in [6, 6.07) is 13.3. The molecule has 8 heteroatoms. The lowest BCUT2D eigenvalue weighted by atomic mass is 10.1. The van der Waals surface area contributed by atoms with Crippen molar-refractivity contribution in [1.82, 2.24) is 10.6 Å². The second-order valence-corrected chi connectivity index (χ2v) is 6.37. The molecule has 0 radical (unpaired) electrons. The average Bonchev–Trinajstić information content (AvgIpc) is 3.19. The third-order valence-corrected chi connectivity index (χ3v) is 4.41. The van der Waals surface area contributed by atoms with Gasteiger partial charge in [-0.25, -0.2) is 0 Å². The predicted octanol–water partition coefficient (Wildman–Crippen LogP) is 2.87. The molecule has 0 saturated heterocycles. The molecule has 2 aromatic carbocycles. The van der Waals surface area contributed by atoms with Crippen molar-refractivity contribution in [2.75, 3.05) is 33.5 Å². The van der Waals surface area contributed by atoms with Gasteiger partial charge in [-0.3, -0.25) is 4.99 Å². The Morgan fingerprint density at radius 2 is 1.90 bits per heavy atom. The SMILES string of the molecule is CCNC(=NCC(O)c1ccc(OC)cc1)NCCc1ccc2c(c1)OCO2.I. The van der Waals surface area contributed by atoms with Crippen LogP contribution in [-0.2, 0) is 6.42 Å². The maximum Gasteiger partial charge on any atom is 0.231 e. The molecule has 3 N–H and O–H groups in total. The molecule has 1 aliphatic rings. The van der Waals surface area contributed by atoms with E-state index in [4.69, 9.17) is 14.2 Å². The smallest absolute Gasteiger partial charge is 0.231 e. The van der Waals surface area contributed by atoms with E-state index in [0.29, 0.717) is 12.5 Å². The molecular weight excluding hydrogens is 485 g/mol. The van der Waals surface area contributed by atoms with Gasteiger partial charge in [-0.1, -0.05) is 18.2 Å². The van der Waals surface area contributed by atoms with Gasteiger partial charge in [0.05, 0.1) is 19.8 Å². The van der Waals surface area contributed by atoms with Gasteiger partial charge in [-0.2, -0.15) is 0 Å². The van der Waals surface area contributed by atoms with Gasteiger partial charge in [-0.05, 0) is 48.7 Å². The van der Waals surface area contributed by atoms with Crippen LogP contribution in [0.5, 0.6) is 17.2 Å². The van der Waals surface area contributed by atoms with Gasteiger partial charge in [-0.15, -0.1) is 24.0 Å². The molecule has 0 saturated carbocycles. The molecule has 1 atom stereocenters. The largest absolute Gasteiger partial charge is 0.497 e. The van der Waals surface area contributed by atoms with Crippen LogP contribution in [0.25, 0.3) is 0 Å². The number of halogens is 1. The molecule has 0 bridgehead atoms. The molecule has 158 valence electrons. The van der Waals surface area contributed by atoms with Crippen molar-refractivity contribution in [3.63, 3.8) is 0 Å². The molecule has 7 nitrogen and oxygen atoms in total. The molecule has 0 aromatic heterocycles. The number of ether oxygens (including phenoxy) is 3. The molecule has 0 amide bonds. The Bertz CT molecular complexity index is 799. The van der Waals surface area contributed by atoms with Crippen LogP contribution in [0.1, 0.15) is 24.2 Å². The molecule has 1 aliphatic heterocycles. The van der Waals surface area contributed by atoms with E-state index in [1.54, 1.807) is 7.11 Å². The lowest BCUT2D eigenvalue weighted by molar-refractivity contribution is 0.174. The van der Waals surface area contributed by atoms with Gasteiger partial charge in [0.15, 0.2) is 17.5 Å². The monoisotopic (exact) mass is 513 g/mol. The quantitative estimate of drug-likeness (QED) is 0.286. The molecule has 0 fully saturated rings. The topological polar surface area (TPSA) is 84.3 Å². The van der Waals surface area contributed by atoms with Crippen LogP contribution >= 0.6 is 24.0 Å². The number of aliphatic imine (C=N–C) groups is 1. The Kier molecular flexibility index (Phi) is 9.33. The van der Waals surface area contributed by atoms with E-state index < -0.39 is 6.10 Å². The number of fused-ring (bicyclic) bond motifs is 1. The normalized spacial score (nSPS) is 13.4. The number of rotatable bonds is 8. The van der Waals surface area contributed by atoms with Gasteiger partial charge in [0.2, 0.25) is 6.79 Å². The molecule has 1 heterocycles. The number of aliphatic hydroxyl groups is 1. The highest BCUT2D eigenvalue weighted by atomic mass is 127. The minimum atomic E-state index is -0.671. The Balaban J connectivity index is 0.00000300. The molecule has 0 spiro atoms. The van der Waals surface area contributed by atoms with Crippen molar-refractivity contribution >= 4 is 29.9 Å². The van der Waals surface area contributed by atoms with E-state index >= 15 is 0 Å². The van der Waals surface area contributed by atoms with E-state index in [9.17, 15) is 5.11 Å². The number of nitrogens with one attached hydrogen (secondary N) is 2. The van der Waals surface area contributed by atoms with Gasteiger partial charge in [0.25, 0.3) is 0 Å². The maximum absolute atomic E-state index is 10.4. The van der Waals surface area contributed by atoms with E-state index in [1.807, 2.05) is 49.4 Å². The number of aliphatic hydroxyl groups excluding tert-OH is 1. The first kappa shape index (κ1) is 23.1. The summed E-state index contributed by atoms with van der Waals surface area (Å²) in [5, 5.41) is 16.9. The minimum absolute atomic E-state index is 0. The van der Waals surface area contributed by atoms with Crippen LogP contribution in [0, 0.1) is 0 Å². The standard InChI is InChI=1S/C21H27N3O4.HI/c1-3-22-21(24-13-18(25)16-5-7-17(26-2)8-6-16)23-11-10-15-4-9-19-20(12-15)28-14-27-19;/h4-9,12,18,25H,3,10-11,13-14H2,1-2H3,(H2,22,23,24);1H. The van der Waals surface area contributed by atoms with Crippen LogP contribution in [0.4, 0.5) is 0 Å². The number of methoxy groups -OCH3 is 1. The molecule has 29 heavy (non-hydrogen) atoms. The number of guanidine groups is 1. The summed E-state index contributed by atoms with van der Waals surface area (Å²) in [5.74, 6) is 3.02. The fourth-order valence-electron chi connectivity index (χ4n) is 2.87. The third-order valence-electron chi connectivity index (χ3n) is 4.41. The highest BCUT2D eigenvalue weighted by Crippen LogP contribution is 2.32. The zero-order valence-corrected chi connectivity index (χ0v) is 19.0. The minimum Gasteiger partial charge on any atom is -0.497 e. The second-order valence-electron chi connectivity index (χ2n) is 6.37. The van der Waals surface area contributed by atoms with Crippen molar-refractivity contribution in [2.24, 2.45) is 4.99 Å². The Morgan fingerprint density at radius 3 is 2.62 bits per heavy atom. The Morgan fingerprint density at radius 1 is 1.14 bits per heavy atom. The molecule has 1 unspecified atom stereocenters. The van der Waals surface area contributed by atoms with Crippen molar-refractivity contribution in [1.29, 1.82) is 0 Å². The summed E-state index contributed by atoms with van der Waals surface area (Å²) in [6.07, 6.45) is 0.150. The number of hydrogen-bond acceptors (Lipinski definition) is 5. The number of hydrogen-bond donors (Lipinski definition) is 3. The first-order chi connectivity index (χ1) is 13.7. The fourth-order valence-corrected chi connectivity index (χ4v) is 2.87. The van der Waals surface area contributed by atoms with Crippen LogP contribution in [-0.4, -0.2) is 44.6 Å². The summed E-state index contributed by atoms with van der Waals surface area (Å²) in [4.78, 5) is 4.49. The first-order valence-corrected chi connectivity index (χ1v) is 9.42. The first-order valence-electron chi connectivity index (χ1n) is 9.42. The average molecular weight is 513 g/mol. The van der Waals surface area contributed by atoms with Gasteiger partial charge < -0.3 is 30.0 Å². The Hall–Kier alpha value is -2.20. The van der Waals surface area contributed by atoms with E-state index in [1.165, 1.54) is 0 Å². The zero-order valence-electron chi connectivity index (χ0n) is 16.7. The van der Waals surface area contributed by atoms with Gasteiger partial charge in [0, 0.05) is 13.1 Å². The lowest BCUT2D eigenvalue weighted by Gasteiger charge is -2.14. The summed E-state index contributed by atoms with van der Waals surface area (Å²) in [6.45, 7) is 4.02. The van der Waals surface area contributed by atoms with Crippen LogP contribution in [0.3, 0.4) is 0 Å². The third kappa shape index (κ3) is 6.67. The summed E-state index contributed by atoms with van der Waals surface area (Å²) < 4.78 is 15.9. The van der Waals surface area contributed by atoms with Crippen molar-refractivity contribution in [2.45, 2.75) is 19.4 Å². The van der Waals surface area contributed by atoms with Crippen LogP contribution < -0.4 is 24.8 Å². The summed E-state index contributed by atoms with van der Waals surface area (Å²) in [7, 11) is 1.62. The van der Waals surface area contributed by atoms with Crippen LogP contribution in [0.15, 0.2) is 47.5 Å². The molecule has 0 aliphatic carbocycles.